The maximum absolute atomic E-state index is 13.6. The van der Waals surface area contributed by atoms with Crippen LogP contribution in [0.15, 0.2) is 48.5 Å². The highest BCUT2D eigenvalue weighted by atomic mass is 19.1. The third-order valence-corrected chi connectivity index (χ3v) is 10.0. The van der Waals surface area contributed by atoms with Gasteiger partial charge in [0, 0.05) is 54.7 Å². The van der Waals surface area contributed by atoms with E-state index in [0.717, 1.165) is 18.5 Å². The van der Waals surface area contributed by atoms with E-state index in [0.29, 0.717) is 53.3 Å². The monoisotopic (exact) mass is 841 g/mol. The van der Waals surface area contributed by atoms with E-state index in [9.17, 15) is 42.3 Å². The zero-order valence-electron chi connectivity index (χ0n) is 36.0. The smallest absolute Gasteiger partial charge is 0.294 e. The number of nitrogens with one attached hydrogen (secondary N) is 4. The third-order valence-electron chi connectivity index (χ3n) is 10.0. The van der Waals surface area contributed by atoms with Crippen LogP contribution in [0, 0.1) is 25.5 Å². The first-order valence-electron chi connectivity index (χ1n) is 20.0. The molecular formula is C45H53F2N7O7. The van der Waals surface area contributed by atoms with E-state index in [4.69, 9.17) is 0 Å². The summed E-state index contributed by atoms with van der Waals surface area (Å²) in [5.74, 6) is -4.65. The number of halogens is 2. The first-order valence-corrected chi connectivity index (χ1v) is 20.0. The maximum Gasteiger partial charge on any atom is 0.294 e. The minimum atomic E-state index is -0.770. The fraction of sp³-hybridized carbons (Fsp3) is 0.400. The summed E-state index contributed by atoms with van der Waals surface area (Å²) in [6, 6.07) is 11.4. The number of fused-ring (bicyclic) bond motifs is 2. The van der Waals surface area contributed by atoms with Gasteiger partial charge >= 0.3 is 0 Å². The molecule has 324 valence electrons. The molecule has 4 aromatic rings. The summed E-state index contributed by atoms with van der Waals surface area (Å²) in [5.41, 5.74) is 2.62. The molecule has 4 heterocycles. The molecule has 0 saturated carbocycles. The topological polar surface area (TPSA) is 181 Å². The van der Waals surface area contributed by atoms with E-state index < -0.39 is 40.4 Å². The van der Waals surface area contributed by atoms with Crippen LogP contribution in [0.25, 0.3) is 0 Å². The summed E-state index contributed by atoms with van der Waals surface area (Å²) in [6.45, 7) is 16.7. The van der Waals surface area contributed by atoms with E-state index in [1.54, 1.807) is 75.5 Å². The average Bonchev–Trinajstić information content (AvgIpc) is 3.75. The molecule has 14 nitrogen and oxygen atoms in total. The highest BCUT2D eigenvalue weighted by molar-refractivity contribution is 6.43. The van der Waals surface area contributed by atoms with Crippen molar-refractivity contribution in [3.05, 3.63) is 105 Å². The molecule has 0 atom stereocenters. The van der Waals surface area contributed by atoms with Gasteiger partial charge in [-0.25, -0.2) is 8.78 Å². The molecule has 16 heteroatoms. The van der Waals surface area contributed by atoms with Crippen molar-refractivity contribution < 1.29 is 42.3 Å². The van der Waals surface area contributed by atoms with Crippen molar-refractivity contribution in [3.8, 4) is 0 Å². The van der Waals surface area contributed by atoms with Gasteiger partial charge in [0.1, 0.15) is 11.6 Å². The zero-order chi connectivity index (χ0) is 45.1. The van der Waals surface area contributed by atoms with Crippen molar-refractivity contribution >= 4 is 52.5 Å². The molecule has 4 N–H and O–H groups in total. The van der Waals surface area contributed by atoms with Crippen LogP contribution in [0.3, 0.4) is 0 Å². The Kier molecular flexibility index (Phi) is 13.5. The Hall–Kier alpha value is -6.45. The number of Topliss-reactive ketones (excluding diaryl/α,β-unsaturated/α-hetero) is 2. The van der Waals surface area contributed by atoms with Crippen molar-refractivity contribution in [2.24, 2.45) is 0 Å². The largest absolute Gasteiger partial charge is 0.345 e. The molecule has 2 aliphatic heterocycles. The van der Waals surface area contributed by atoms with Gasteiger partial charge in [-0.1, -0.05) is 0 Å². The predicted octanol–water partition coefficient (Wildman–Crippen LogP) is 6.27. The maximum atomic E-state index is 13.6. The Bertz CT molecular complexity index is 2430. The standard InChI is InChI=1S/C23H27FN4O4.C22H26FN3O3/c1-13-10-15(6-7-17(13)24)25-21(31)16-11-18(20(30)22(32)26-23(3,4)5)28-9-8-27(14(2)29)12-19(16)28;1-13-11-14(8-9-16(13)23)24-20(28)15-12-18(26-10-6-5-7-17(15)26)19(27)21(29)25-22(2,3)4/h6-7,10-11H,8-9,12H2,1-5H3,(H,25,31)(H,26,32);8-9,11-12H,5-7,10H2,1-4H3,(H,24,28)(H,25,29). The minimum absolute atomic E-state index is 0.0883. The number of hydrogen-bond donors (Lipinski definition) is 4. The molecule has 0 bridgehead atoms. The third kappa shape index (κ3) is 11.0. The summed E-state index contributed by atoms with van der Waals surface area (Å²) >= 11 is 0. The molecule has 2 aromatic heterocycles. The highest BCUT2D eigenvalue weighted by Crippen LogP contribution is 2.27. The molecule has 5 amide bonds. The van der Waals surface area contributed by atoms with Gasteiger partial charge in [0.25, 0.3) is 35.2 Å². The van der Waals surface area contributed by atoms with Gasteiger partial charge in [-0.05, 0) is 134 Å². The van der Waals surface area contributed by atoms with Crippen LogP contribution in [0.5, 0.6) is 0 Å². The summed E-state index contributed by atoms with van der Waals surface area (Å²) in [4.78, 5) is 89.9. The first-order chi connectivity index (χ1) is 28.4. The molecule has 0 fully saturated rings. The van der Waals surface area contributed by atoms with Crippen LogP contribution in [0.2, 0.25) is 0 Å². The molecule has 2 aromatic carbocycles. The van der Waals surface area contributed by atoms with E-state index in [1.807, 2.05) is 0 Å². The van der Waals surface area contributed by atoms with Crippen LogP contribution in [0.4, 0.5) is 20.2 Å². The molecule has 0 radical (unpaired) electrons. The van der Waals surface area contributed by atoms with Crippen LogP contribution in [0.1, 0.15) is 126 Å². The van der Waals surface area contributed by atoms with Gasteiger partial charge in [-0.15, -0.1) is 0 Å². The van der Waals surface area contributed by atoms with Crippen molar-refractivity contribution in [1.82, 2.24) is 24.7 Å². The van der Waals surface area contributed by atoms with E-state index in [1.165, 1.54) is 49.4 Å². The zero-order valence-corrected chi connectivity index (χ0v) is 36.0. The summed E-state index contributed by atoms with van der Waals surface area (Å²) < 4.78 is 30.4. The Labute approximate surface area is 353 Å². The summed E-state index contributed by atoms with van der Waals surface area (Å²) in [5, 5.41) is 10.8. The number of aryl methyl sites for hydroxylation is 2. The lowest BCUT2D eigenvalue weighted by Gasteiger charge is -2.29. The predicted molar refractivity (Wildman–Crippen MR) is 226 cm³/mol. The van der Waals surface area contributed by atoms with Gasteiger partial charge < -0.3 is 35.3 Å². The molecule has 61 heavy (non-hydrogen) atoms. The van der Waals surface area contributed by atoms with Crippen LogP contribution in [-0.4, -0.2) is 72.8 Å². The Morgan fingerprint density at radius 2 is 1.03 bits per heavy atom. The number of benzene rings is 2. The highest BCUT2D eigenvalue weighted by Gasteiger charge is 2.33. The molecule has 0 aliphatic carbocycles. The van der Waals surface area contributed by atoms with Gasteiger partial charge in [-0.3, -0.25) is 33.6 Å². The number of aromatic nitrogens is 2. The number of amides is 5. The van der Waals surface area contributed by atoms with Crippen molar-refractivity contribution in [3.63, 3.8) is 0 Å². The second-order valence-electron chi connectivity index (χ2n) is 17.4. The lowest BCUT2D eigenvalue weighted by atomic mass is 10.1. The van der Waals surface area contributed by atoms with Crippen molar-refractivity contribution in [2.45, 2.75) is 112 Å². The summed E-state index contributed by atoms with van der Waals surface area (Å²) in [6.07, 6.45) is 2.43. The van der Waals surface area contributed by atoms with E-state index in [-0.39, 0.29) is 53.5 Å². The normalized spacial score (nSPS) is 13.5. The number of nitrogens with zero attached hydrogens (tertiary/aromatic N) is 3. The molecule has 0 saturated heterocycles. The van der Waals surface area contributed by atoms with Crippen LogP contribution < -0.4 is 21.3 Å². The Morgan fingerprint density at radius 3 is 1.46 bits per heavy atom. The van der Waals surface area contributed by atoms with Gasteiger partial charge in [0.05, 0.1) is 34.8 Å². The number of anilines is 2. The number of carbonyl (C=O) groups excluding carboxylic acids is 7. The molecular weight excluding hydrogens is 789 g/mol. The van der Waals surface area contributed by atoms with Crippen LogP contribution >= 0.6 is 0 Å². The fourth-order valence-corrected chi connectivity index (χ4v) is 7.08. The van der Waals surface area contributed by atoms with E-state index in [2.05, 4.69) is 21.3 Å². The second-order valence-corrected chi connectivity index (χ2v) is 17.4. The average molecular weight is 842 g/mol. The number of rotatable bonds is 8. The fourth-order valence-electron chi connectivity index (χ4n) is 7.08. The molecule has 2 aliphatic rings. The van der Waals surface area contributed by atoms with Gasteiger partial charge in [-0.2, -0.15) is 0 Å². The minimum Gasteiger partial charge on any atom is -0.345 e. The van der Waals surface area contributed by atoms with Gasteiger partial charge in [0.15, 0.2) is 0 Å². The van der Waals surface area contributed by atoms with E-state index >= 15 is 0 Å². The number of carbonyl (C=O) groups is 7. The van der Waals surface area contributed by atoms with Crippen LogP contribution in [-0.2, 0) is 40.4 Å². The first kappa shape index (κ1) is 45.6. The Morgan fingerprint density at radius 1 is 0.590 bits per heavy atom. The molecule has 0 spiro atoms. The Balaban J connectivity index is 0.000000232. The lowest BCUT2D eigenvalue weighted by molar-refractivity contribution is -0.130. The molecule has 0 unspecified atom stereocenters. The number of ketones is 2. The number of hydrogen-bond acceptors (Lipinski definition) is 7. The van der Waals surface area contributed by atoms with Crippen molar-refractivity contribution in [2.75, 3.05) is 17.2 Å². The SMILES string of the molecule is CC(=O)N1CCn2c(C(=O)C(=O)NC(C)(C)C)cc(C(=O)Nc3ccc(F)c(C)c3)c2C1.Cc1cc(NC(=O)c2cc(C(=O)C(=O)NC(C)(C)C)n3c2CCCC3)ccc1F. The quantitative estimate of drug-likeness (QED) is 0.119. The van der Waals surface area contributed by atoms with Crippen molar-refractivity contribution in [1.29, 1.82) is 0 Å². The summed E-state index contributed by atoms with van der Waals surface area (Å²) in [7, 11) is 0. The molecule has 6 rings (SSSR count). The lowest BCUT2D eigenvalue weighted by Crippen LogP contribution is -2.45. The second kappa shape index (κ2) is 18.0. The van der Waals surface area contributed by atoms with Gasteiger partial charge in [0.2, 0.25) is 5.91 Å².